The highest BCUT2D eigenvalue weighted by Gasteiger charge is 2.53. The Kier molecular flexibility index (Phi) is 47.4. The number of anilines is 1. The van der Waals surface area contributed by atoms with Gasteiger partial charge in [-0.2, -0.15) is 0 Å². The summed E-state index contributed by atoms with van der Waals surface area (Å²) in [6.45, 7) is 21.0. The summed E-state index contributed by atoms with van der Waals surface area (Å²) in [5.41, 5.74) is 9.54. The smallest absolute Gasteiger partial charge is 0.329 e. The number of amides is 2. The molecule has 3 aromatic rings. The maximum Gasteiger partial charge on any atom is 0.329 e. The molecule has 2 aromatic carbocycles. The lowest BCUT2D eigenvalue weighted by atomic mass is 9.78. The number of aliphatic hydroxyl groups is 2. The van der Waals surface area contributed by atoms with Crippen LogP contribution in [0.2, 0.25) is 0 Å². The Labute approximate surface area is 779 Å². The van der Waals surface area contributed by atoms with E-state index >= 15 is 4.39 Å². The van der Waals surface area contributed by atoms with Gasteiger partial charge in [0.2, 0.25) is 5.79 Å². The molecule has 3 fully saturated rings. The Morgan fingerprint density at radius 3 is 1.95 bits per heavy atom. The molecule has 0 spiro atoms. The van der Waals surface area contributed by atoms with Crippen molar-refractivity contribution in [1.82, 2.24) is 14.8 Å². The van der Waals surface area contributed by atoms with Crippen LogP contribution in [0.5, 0.6) is 5.75 Å². The Bertz CT molecular complexity index is 4320. The van der Waals surface area contributed by atoms with Gasteiger partial charge in [-0.3, -0.25) is 24.0 Å². The molecule has 5 aliphatic rings. The van der Waals surface area contributed by atoms with Crippen molar-refractivity contribution in [2.75, 3.05) is 165 Å². The number of methoxy groups -OCH3 is 4. The molecule has 4 aliphatic heterocycles. The summed E-state index contributed by atoms with van der Waals surface area (Å²) in [4.78, 5) is 91.0. The number of cyclic esters (lactones) is 1. The number of benzene rings is 2. The summed E-state index contributed by atoms with van der Waals surface area (Å²) in [6, 6.07) is 10.5. The quantitative estimate of drug-likeness (QED) is 0.0156. The topological polar surface area (TPSA) is 370 Å². The molecule has 33 heteroatoms. The number of Topliss-reactive ketones (excluding diaryl/α,β-unsaturated/α-hetero) is 3. The molecule has 0 radical (unpaired) electrons. The van der Waals surface area contributed by atoms with E-state index in [0.717, 1.165) is 34.8 Å². The fourth-order valence-corrected chi connectivity index (χ4v) is 19.1. The van der Waals surface area contributed by atoms with Gasteiger partial charge in [-0.15, -0.1) is 0 Å². The molecule has 0 unspecified atom stereocenters. The van der Waals surface area contributed by atoms with E-state index in [4.69, 9.17) is 93.7 Å². The summed E-state index contributed by atoms with van der Waals surface area (Å²) >= 11 is 5.75. The van der Waals surface area contributed by atoms with Crippen LogP contribution < -0.4 is 10.5 Å². The Balaban J connectivity index is 0.651. The number of fused-ring (bicyclic) bond motifs is 4. The number of pyridine rings is 1. The molecule has 1 aliphatic carbocycles. The number of halogens is 1. The number of carbonyl (C=O) groups is 6. The molecule has 30 nitrogen and oxygen atoms in total. The third-order valence-electron chi connectivity index (χ3n) is 25.2. The van der Waals surface area contributed by atoms with Gasteiger partial charge < -0.3 is 102 Å². The van der Waals surface area contributed by atoms with E-state index in [1.807, 2.05) is 95.3 Å². The van der Waals surface area contributed by atoms with Crippen LogP contribution in [0.15, 0.2) is 101 Å². The van der Waals surface area contributed by atoms with Gasteiger partial charge in [-0.05, 0) is 186 Å². The van der Waals surface area contributed by atoms with Crippen LogP contribution in [0.25, 0.3) is 11.1 Å². The first-order valence-corrected chi connectivity index (χ1v) is 48.6. The fourth-order valence-electron chi connectivity index (χ4n) is 17.4. The van der Waals surface area contributed by atoms with Gasteiger partial charge in [0, 0.05) is 121 Å². The number of hydrogen-bond acceptors (Lipinski definition) is 29. The highest BCUT2D eigenvalue weighted by Crippen LogP contribution is 2.40. The zero-order valence-corrected chi connectivity index (χ0v) is 80.6. The lowest BCUT2D eigenvalue weighted by Crippen LogP contribution is -2.61. The molecule has 1 aromatic heterocycles. The lowest BCUT2D eigenvalue weighted by molar-refractivity contribution is -0.265. The van der Waals surface area contributed by atoms with Crippen LogP contribution >= 0.6 is 12.2 Å². The van der Waals surface area contributed by atoms with Gasteiger partial charge in [-0.1, -0.05) is 77.1 Å². The van der Waals surface area contributed by atoms with E-state index < -0.39 is 110 Å². The van der Waals surface area contributed by atoms with Crippen LogP contribution in [0.1, 0.15) is 179 Å². The van der Waals surface area contributed by atoms with E-state index in [-0.39, 0.29) is 137 Å². The molecule has 2 amide bonds. The van der Waals surface area contributed by atoms with Gasteiger partial charge in [0.15, 0.2) is 20.7 Å². The molecule has 8 rings (SSSR count). The number of piperidine rings is 1. The van der Waals surface area contributed by atoms with Crippen molar-refractivity contribution in [3.05, 3.63) is 119 Å². The van der Waals surface area contributed by atoms with E-state index in [1.165, 1.54) is 25.0 Å². The molecule has 5 heterocycles. The minimum atomic E-state index is -4.12. The van der Waals surface area contributed by atoms with Crippen molar-refractivity contribution in [3.8, 4) is 16.9 Å². The van der Waals surface area contributed by atoms with Crippen LogP contribution in [-0.4, -0.2) is 294 Å². The SMILES string of the molecule is CO[C@H]1C[C@@H]2CC[C@@H](C)[C@@](O)(O2)C(=O)C(=O)N2CCCC[C@H]2C(=O)O[C@H]([C@H](C)C[C@@H]2CC[C@@H](OC(=S)CCCOCCOCCOCCOCCOCCOCCOCCOCCC(=O)CCCS(=O)(=O)c3ccc(C(=O)N4CCOc5ccc(-c6ccc(N)nc6)cc5C4)c(C)c3F)[C@H](OC)C2)C[C@@H](OC)[C@H](C)/C=C(\C)[C@@H](O)[C@@H](OC)C(=O)[C@H](C)C[C@H](C)/C=C/C=C/C=C/1C. The highest BCUT2D eigenvalue weighted by molar-refractivity contribution is 7.91. The largest absolute Gasteiger partial charge is 0.491 e. The van der Waals surface area contributed by atoms with Crippen LogP contribution in [0.4, 0.5) is 10.2 Å². The summed E-state index contributed by atoms with van der Waals surface area (Å²) in [6.07, 6.45) is 15.1. The molecule has 4 N–H and O–H groups in total. The maximum atomic E-state index is 15.8. The summed E-state index contributed by atoms with van der Waals surface area (Å²) < 4.78 is 137. The number of allylic oxidation sites excluding steroid dienone is 5. The van der Waals surface area contributed by atoms with Crippen molar-refractivity contribution >= 4 is 68.1 Å². The molecular formula is C98H145FN4O26S2. The highest BCUT2D eigenvalue weighted by atomic mass is 32.2. The third-order valence-corrected chi connectivity index (χ3v) is 27.3. The second kappa shape index (κ2) is 56.9. The number of sulfone groups is 1. The molecule has 2 saturated heterocycles. The first-order chi connectivity index (χ1) is 62.9. The van der Waals surface area contributed by atoms with E-state index in [2.05, 4.69) is 4.98 Å². The number of aliphatic hydroxyl groups excluding tert-OH is 1. The van der Waals surface area contributed by atoms with Crippen molar-refractivity contribution in [2.24, 2.45) is 35.5 Å². The van der Waals surface area contributed by atoms with E-state index in [1.54, 1.807) is 52.3 Å². The summed E-state index contributed by atoms with van der Waals surface area (Å²) in [5.74, 6) is -8.22. The molecule has 16 atom stereocenters. The van der Waals surface area contributed by atoms with Gasteiger partial charge in [-0.25, -0.2) is 22.6 Å². The Morgan fingerprint density at radius 2 is 1.32 bits per heavy atom. The third kappa shape index (κ3) is 34.5. The standard InChI is InChI=1S/C98H145FN4O26S2/c1-65-20-14-13-15-21-66(2)83(114-9)61-78-29-25-71(7)98(111,129-78)94(107)96(109)103-36-17-16-23-80(103)97(110)128-85(62-84(115-10)67(3)57-70(6)92(106)93(117-12)91(105)69(5)56-65)68(4)58-73-26-31-82(86(59-73)116-11)127-89(130)24-18-38-118-41-43-120-45-47-122-49-51-124-53-54-125-52-50-123-48-46-121-44-42-119-39-35-77(104)22-19-55-131(112,113)87-33-30-79(72(8)90(87)99)95(108)102-37-40-126-81-32-27-74(60-76(81)64-102)75-28-34-88(100)101-63-75/h13-15,20-21,27-28,30,32-34,57,60,63,65,67-69,71,73,78,80,82-86,92-93,106,111H,16-19,22-26,29,31,35-56,58-59,61-62,64H2,1-12H3,(H2,100,101)/b15-13+,20-14+,66-21+,70-57+/t65-,67-,68-,69-,71-,73+,78+,80+,82-,83+,84-,85+,86-,92-,93+,98-/m1/s1. The second-order valence-corrected chi connectivity index (χ2v) is 37.6. The number of hydrogen-bond donors (Lipinski definition) is 3. The van der Waals surface area contributed by atoms with E-state index in [0.29, 0.717) is 179 Å². The number of carbonyl (C=O) groups excluding carboxylic acids is 6. The number of rotatable bonds is 43. The second-order valence-electron chi connectivity index (χ2n) is 35.1. The van der Waals surface area contributed by atoms with Gasteiger partial charge in [0.05, 0.1) is 136 Å². The monoisotopic (exact) mass is 1880 g/mol. The minimum absolute atomic E-state index is 0.00804. The molecular weight excluding hydrogens is 1730 g/mol. The van der Waals surface area contributed by atoms with Crippen LogP contribution in [0, 0.1) is 48.2 Å². The average molecular weight is 1880 g/mol. The fraction of sp³-hybridized carbons (Fsp3) is 0.673. The Hall–Kier alpha value is -7.26. The van der Waals surface area contributed by atoms with Gasteiger partial charge in [0.25, 0.3) is 17.6 Å². The number of thiocarbonyl (C=S) groups is 1. The number of nitrogens with two attached hydrogens (primary N) is 1. The maximum absolute atomic E-state index is 15.8. The van der Waals surface area contributed by atoms with Crippen molar-refractivity contribution in [3.63, 3.8) is 0 Å². The number of aromatic nitrogens is 1. The lowest BCUT2D eigenvalue weighted by Gasteiger charge is -2.43. The number of ether oxygens (including phenoxy) is 16. The van der Waals surface area contributed by atoms with Crippen molar-refractivity contribution in [2.45, 2.75) is 237 Å². The number of ketones is 3. The first-order valence-electron chi connectivity index (χ1n) is 46.5. The normalized spacial score (nSPS) is 27.1. The van der Waals surface area contributed by atoms with Crippen LogP contribution in [-0.2, 0) is 111 Å². The van der Waals surface area contributed by atoms with E-state index in [9.17, 15) is 47.4 Å². The molecule has 131 heavy (non-hydrogen) atoms. The summed E-state index contributed by atoms with van der Waals surface area (Å²) in [5, 5.41) is 24.5. The first kappa shape index (κ1) is 109. The minimum Gasteiger partial charge on any atom is -0.491 e. The molecule has 732 valence electrons. The number of esters is 1. The Morgan fingerprint density at radius 1 is 0.679 bits per heavy atom. The average Bonchev–Trinajstić information content (AvgIpc) is 1.13. The molecule has 1 saturated carbocycles. The number of nitrogen functional groups attached to an aromatic ring is 1. The predicted octanol–water partition coefficient (Wildman–Crippen LogP) is 12.2. The summed E-state index contributed by atoms with van der Waals surface area (Å²) in [7, 11) is 2.13. The van der Waals surface area contributed by atoms with Crippen molar-refractivity contribution < 1.29 is 128 Å². The predicted molar refractivity (Wildman–Crippen MR) is 495 cm³/mol. The zero-order chi connectivity index (χ0) is 95.0. The molecule has 2 bridgehead atoms. The number of nitrogens with zero attached hydrogens (tertiary/aromatic N) is 3. The van der Waals surface area contributed by atoms with Crippen molar-refractivity contribution in [1.29, 1.82) is 0 Å². The van der Waals surface area contributed by atoms with Crippen LogP contribution in [0.3, 0.4) is 0 Å². The van der Waals surface area contributed by atoms with Gasteiger partial charge >= 0.3 is 5.97 Å². The van der Waals surface area contributed by atoms with Gasteiger partial charge in [0.1, 0.15) is 65.1 Å². The zero-order valence-electron chi connectivity index (χ0n) is 78.9.